The summed E-state index contributed by atoms with van der Waals surface area (Å²) in [7, 11) is 0. The van der Waals surface area contributed by atoms with E-state index in [0.717, 1.165) is 12.8 Å². The van der Waals surface area contributed by atoms with Crippen LogP contribution in [0.2, 0.25) is 0 Å². The fourth-order valence-corrected chi connectivity index (χ4v) is 3.86. The van der Waals surface area contributed by atoms with Crippen LogP contribution in [0.5, 0.6) is 0 Å². The molecule has 1 saturated heterocycles. The zero-order valence-corrected chi connectivity index (χ0v) is 13.0. The van der Waals surface area contributed by atoms with Gasteiger partial charge >= 0.3 is 0 Å². The number of carbonyl (C=O) groups is 2. The zero-order chi connectivity index (χ0) is 14.7. The predicted molar refractivity (Wildman–Crippen MR) is 77.0 cm³/mol. The van der Waals surface area contributed by atoms with E-state index in [-0.39, 0.29) is 23.4 Å². The van der Waals surface area contributed by atoms with E-state index in [2.05, 4.69) is 19.2 Å². The number of amides is 2. The van der Waals surface area contributed by atoms with Gasteiger partial charge in [-0.05, 0) is 64.7 Å². The van der Waals surface area contributed by atoms with E-state index in [9.17, 15) is 9.59 Å². The molecular formula is C16H26N2O2. The van der Waals surface area contributed by atoms with Gasteiger partial charge in [0.25, 0.3) is 0 Å². The van der Waals surface area contributed by atoms with Crippen LogP contribution in [-0.2, 0) is 9.59 Å². The summed E-state index contributed by atoms with van der Waals surface area (Å²) in [6.07, 6.45) is 5.15. The molecule has 3 rings (SSSR count). The number of nitrogens with one attached hydrogen (secondary N) is 1. The van der Waals surface area contributed by atoms with Gasteiger partial charge in [0.05, 0.1) is 0 Å². The molecule has 0 bridgehead atoms. The highest BCUT2D eigenvalue weighted by molar-refractivity contribution is 6.00. The van der Waals surface area contributed by atoms with Crippen LogP contribution in [0.1, 0.15) is 59.8 Å². The zero-order valence-electron chi connectivity index (χ0n) is 13.0. The monoisotopic (exact) mass is 278 g/mol. The van der Waals surface area contributed by atoms with Crippen molar-refractivity contribution in [1.29, 1.82) is 0 Å². The lowest BCUT2D eigenvalue weighted by Gasteiger charge is -2.51. The van der Waals surface area contributed by atoms with E-state index in [1.807, 2.05) is 18.7 Å². The van der Waals surface area contributed by atoms with Crippen molar-refractivity contribution in [3.63, 3.8) is 0 Å². The first-order chi connectivity index (χ1) is 9.32. The van der Waals surface area contributed by atoms with Crippen molar-refractivity contribution in [2.24, 2.45) is 11.8 Å². The van der Waals surface area contributed by atoms with Crippen molar-refractivity contribution in [1.82, 2.24) is 10.2 Å². The quantitative estimate of drug-likeness (QED) is 0.856. The van der Waals surface area contributed by atoms with Gasteiger partial charge in [0.1, 0.15) is 11.6 Å². The molecule has 2 amide bonds. The van der Waals surface area contributed by atoms with Gasteiger partial charge in [-0.25, -0.2) is 0 Å². The highest BCUT2D eigenvalue weighted by Gasteiger charge is 2.59. The van der Waals surface area contributed by atoms with Gasteiger partial charge in [-0.3, -0.25) is 9.59 Å². The van der Waals surface area contributed by atoms with Crippen LogP contribution in [0.4, 0.5) is 0 Å². The summed E-state index contributed by atoms with van der Waals surface area (Å²) >= 11 is 0. The van der Waals surface area contributed by atoms with E-state index in [1.54, 1.807) is 0 Å². The molecule has 112 valence electrons. The lowest BCUT2D eigenvalue weighted by atomic mass is 9.83. The fraction of sp³-hybridized carbons (Fsp3) is 0.875. The normalized spacial score (nSPS) is 35.2. The van der Waals surface area contributed by atoms with Crippen LogP contribution in [0.25, 0.3) is 0 Å². The van der Waals surface area contributed by atoms with Gasteiger partial charge in [-0.2, -0.15) is 0 Å². The Morgan fingerprint density at radius 1 is 1.25 bits per heavy atom. The summed E-state index contributed by atoms with van der Waals surface area (Å²) in [6, 6.07) is -0.301. The third-order valence-corrected chi connectivity index (χ3v) is 5.64. The van der Waals surface area contributed by atoms with Gasteiger partial charge in [0.15, 0.2) is 0 Å². The maximum absolute atomic E-state index is 13.1. The summed E-state index contributed by atoms with van der Waals surface area (Å²) in [5.74, 6) is 1.06. The van der Waals surface area contributed by atoms with Crippen molar-refractivity contribution >= 4 is 11.8 Å². The van der Waals surface area contributed by atoms with Gasteiger partial charge in [0, 0.05) is 5.54 Å². The molecule has 20 heavy (non-hydrogen) atoms. The molecule has 2 saturated carbocycles. The van der Waals surface area contributed by atoms with Crippen molar-refractivity contribution in [2.45, 2.75) is 76.9 Å². The van der Waals surface area contributed by atoms with Gasteiger partial charge in [-0.15, -0.1) is 0 Å². The number of piperazine rings is 1. The third-order valence-electron chi connectivity index (χ3n) is 5.64. The highest BCUT2D eigenvalue weighted by atomic mass is 16.2. The van der Waals surface area contributed by atoms with E-state index in [4.69, 9.17) is 0 Å². The molecule has 2 atom stereocenters. The fourth-order valence-electron chi connectivity index (χ4n) is 3.86. The number of hydrogen-bond acceptors (Lipinski definition) is 2. The van der Waals surface area contributed by atoms with Crippen LogP contribution >= 0.6 is 0 Å². The van der Waals surface area contributed by atoms with Crippen LogP contribution in [0, 0.1) is 11.8 Å². The molecule has 2 aliphatic carbocycles. The second kappa shape index (κ2) is 4.22. The van der Waals surface area contributed by atoms with E-state index in [0.29, 0.717) is 18.3 Å². The van der Waals surface area contributed by atoms with E-state index in [1.165, 1.54) is 12.8 Å². The average molecular weight is 278 g/mol. The summed E-state index contributed by atoms with van der Waals surface area (Å²) < 4.78 is 0. The van der Waals surface area contributed by atoms with Gasteiger partial charge in [-0.1, -0.05) is 6.92 Å². The molecule has 3 fully saturated rings. The Morgan fingerprint density at radius 2 is 1.85 bits per heavy atom. The minimum absolute atomic E-state index is 0.0372. The van der Waals surface area contributed by atoms with E-state index >= 15 is 0 Å². The molecule has 3 aliphatic rings. The molecule has 4 nitrogen and oxygen atoms in total. The molecule has 2 unspecified atom stereocenters. The third kappa shape index (κ3) is 1.87. The standard InChI is InChI=1S/C16H26N2O2/c1-5-12-13(19)17-16(4,11-8-9-11)14(20)18(12)15(2,3)10-6-7-10/h10-12H,5-9H2,1-4H3,(H,17,19). The molecular weight excluding hydrogens is 252 g/mol. The van der Waals surface area contributed by atoms with Gasteiger partial charge in [0.2, 0.25) is 11.8 Å². The van der Waals surface area contributed by atoms with Crippen molar-refractivity contribution in [2.75, 3.05) is 0 Å². The molecule has 1 aliphatic heterocycles. The molecule has 0 spiro atoms. The molecule has 0 aromatic rings. The van der Waals surface area contributed by atoms with Crippen LogP contribution in [0.3, 0.4) is 0 Å². The highest BCUT2D eigenvalue weighted by Crippen LogP contribution is 2.48. The average Bonchev–Trinajstić information content (AvgIpc) is 3.24. The van der Waals surface area contributed by atoms with Gasteiger partial charge < -0.3 is 10.2 Å². The summed E-state index contributed by atoms with van der Waals surface area (Å²) in [5, 5.41) is 3.04. The molecule has 1 N–H and O–H groups in total. The number of carbonyl (C=O) groups excluding carboxylic acids is 2. The number of hydrogen-bond donors (Lipinski definition) is 1. The molecule has 0 radical (unpaired) electrons. The number of rotatable bonds is 4. The topological polar surface area (TPSA) is 49.4 Å². The summed E-state index contributed by atoms with van der Waals surface area (Å²) in [6.45, 7) is 8.19. The molecule has 4 heteroatoms. The SMILES string of the molecule is CCC1C(=O)NC(C)(C2CC2)C(=O)N1C(C)(C)C1CC1. The second-order valence-corrected chi connectivity index (χ2v) is 7.49. The first-order valence-corrected chi connectivity index (χ1v) is 7.98. The second-order valence-electron chi connectivity index (χ2n) is 7.49. The lowest BCUT2D eigenvalue weighted by molar-refractivity contribution is -0.163. The minimum atomic E-state index is -0.672. The lowest BCUT2D eigenvalue weighted by Crippen LogP contribution is -2.74. The Labute approximate surface area is 121 Å². The first kappa shape index (κ1) is 13.9. The first-order valence-electron chi connectivity index (χ1n) is 7.98. The predicted octanol–water partition coefficient (Wildman–Crippen LogP) is 2.08. The Bertz CT molecular complexity index is 451. The Kier molecular flexibility index (Phi) is 2.93. The Morgan fingerprint density at radius 3 is 2.30 bits per heavy atom. The van der Waals surface area contributed by atoms with Crippen molar-refractivity contribution < 1.29 is 9.59 Å². The summed E-state index contributed by atoms with van der Waals surface area (Å²) in [5.41, 5.74) is -0.874. The smallest absolute Gasteiger partial charge is 0.249 e. The molecule has 0 aromatic carbocycles. The Balaban J connectivity index is 1.97. The molecule has 0 aromatic heterocycles. The van der Waals surface area contributed by atoms with Crippen molar-refractivity contribution in [3.05, 3.63) is 0 Å². The summed E-state index contributed by atoms with van der Waals surface area (Å²) in [4.78, 5) is 27.6. The van der Waals surface area contributed by atoms with Crippen molar-refractivity contribution in [3.8, 4) is 0 Å². The molecule has 1 heterocycles. The van der Waals surface area contributed by atoms with Crippen LogP contribution in [-0.4, -0.2) is 33.8 Å². The maximum Gasteiger partial charge on any atom is 0.249 e. The minimum Gasteiger partial charge on any atom is -0.340 e. The van der Waals surface area contributed by atoms with Crippen LogP contribution < -0.4 is 5.32 Å². The number of nitrogens with zero attached hydrogens (tertiary/aromatic N) is 1. The van der Waals surface area contributed by atoms with Crippen LogP contribution in [0.15, 0.2) is 0 Å². The Hall–Kier alpha value is -1.06. The maximum atomic E-state index is 13.1. The van der Waals surface area contributed by atoms with E-state index < -0.39 is 5.54 Å². The largest absolute Gasteiger partial charge is 0.340 e.